The first-order valence-electron chi connectivity index (χ1n) is 6.68. The minimum absolute atomic E-state index is 0.176. The summed E-state index contributed by atoms with van der Waals surface area (Å²) < 4.78 is 0. The lowest BCUT2D eigenvalue weighted by Gasteiger charge is -2.23. The van der Waals surface area contributed by atoms with E-state index in [0.717, 1.165) is 13.1 Å². The second-order valence-electron chi connectivity index (χ2n) is 4.97. The molecule has 19 heavy (non-hydrogen) atoms. The normalized spacial score (nSPS) is 12.6. The van der Waals surface area contributed by atoms with E-state index in [1.807, 2.05) is 24.3 Å². The zero-order valence-corrected chi connectivity index (χ0v) is 11.4. The molecule has 0 unspecified atom stereocenters. The molecular weight excluding hydrogens is 234 g/mol. The zero-order chi connectivity index (χ0) is 13.5. The van der Waals surface area contributed by atoms with E-state index in [9.17, 15) is 5.11 Å². The molecule has 100 valence electrons. The van der Waals surface area contributed by atoms with Crippen LogP contribution in [0.3, 0.4) is 0 Å². The Kier molecular flexibility index (Phi) is 5.13. The van der Waals surface area contributed by atoms with Gasteiger partial charge in [-0.25, -0.2) is 0 Å². The van der Waals surface area contributed by atoms with Gasteiger partial charge in [0.25, 0.3) is 0 Å². The van der Waals surface area contributed by atoms with Gasteiger partial charge in [0.2, 0.25) is 0 Å². The predicted octanol–water partition coefficient (Wildman–Crippen LogP) is 2.89. The number of aliphatic hydroxyl groups excluding tert-OH is 1. The van der Waals surface area contributed by atoms with E-state index in [1.165, 1.54) is 11.1 Å². The first kappa shape index (κ1) is 13.8. The topological polar surface area (TPSA) is 23.5 Å². The van der Waals surface area contributed by atoms with Gasteiger partial charge < -0.3 is 10.0 Å². The molecule has 0 bridgehead atoms. The van der Waals surface area contributed by atoms with E-state index in [4.69, 9.17) is 0 Å². The highest BCUT2D eigenvalue weighted by Gasteiger charge is 2.12. The molecule has 1 atom stereocenters. The van der Waals surface area contributed by atoms with Crippen molar-refractivity contribution in [2.75, 3.05) is 20.2 Å². The molecule has 0 fully saturated rings. The Labute approximate surface area is 115 Å². The molecule has 0 heterocycles. The number of hydrogen-bond donors (Lipinski definition) is 1. The van der Waals surface area contributed by atoms with Gasteiger partial charge in [0.05, 0.1) is 6.61 Å². The van der Waals surface area contributed by atoms with Gasteiger partial charge in [-0.3, -0.25) is 0 Å². The van der Waals surface area contributed by atoms with Gasteiger partial charge in [-0.05, 0) is 18.2 Å². The molecular formula is C17H21NO. The van der Waals surface area contributed by atoms with Crippen molar-refractivity contribution in [1.29, 1.82) is 0 Å². The van der Waals surface area contributed by atoms with Crippen LogP contribution in [0.25, 0.3) is 0 Å². The Hall–Kier alpha value is -1.64. The monoisotopic (exact) mass is 255 g/mol. The van der Waals surface area contributed by atoms with E-state index in [-0.39, 0.29) is 12.5 Å². The smallest absolute Gasteiger partial charge is 0.0512 e. The Bertz CT molecular complexity index is 469. The lowest BCUT2D eigenvalue weighted by molar-refractivity contribution is 0.217. The highest BCUT2D eigenvalue weighted by Crippen LogP contribution is 2.16. The Morgan fingerprint density at radius 2 is 1.53 bits per heavy atom. The summed E-state index contributed by atoms with van der Waals surface area (Å²) in [6.45, 7) is 1.95. The Morgan fingerprint density at radius 3 is 2.11 bits per heavy atom. The Morgan fingerprint density at radius 1 is 0.947 bits per heavy atom. The van der Waals surface area contributed by atoms with Crippen molar-refractivity contribution in [3.05, 3.63) is 71.8 Å². The van der Waals surface area contributed by atoms with Crippen molar-refractivity contribution < 1.29 is 5.11 Å². The van der Waals surface area contributed by atoms with Crippen LogP contribution in [0.2, 0.25) is 0 Å². The summed E-state index contributed by atoms with van der Waals surface area (Å²) in [5, 5.41) is 9.57. The quantitative estimate of drug-likeness (QED) is 0.858. The van der Waals surface area contributed by atoms with Gasteiger partial charge in [0.1, 0.15) is 0 Å². The third-order valence-corrected chi connectivity index (χ3v) is 3.32. The minimum atomic E-state index is 0.176. The van der Waals surface area contributed by atoms with Gasteiger partial charge in [-0.2, -0.15) is 0 Å². The first-order chi connectivity index (χ1) is 9.29. The highest BCUT2D eigenvalue weighted by atomic mass is 16.3. The number of benzene rings is 2. The van der Waals surface area contributed by atoms with Gasteiger partial charge in [0.15, 0.2) is 0 Å². The van der Waals surface area contributed by atoms with E-state index < -0.39 is 0 Å². The second-order valence-corrected chi connectivity index (χ2v) is 4.97. The van der Waals surface area contributed by atoms with Crippen LogP contribution >= 0.6 is 0 Å². The average Bonchev–Trinajstić information content (AvgIpc) is 2.47. The molecule has 2 nitrogen and oxygen atoms in total. The number of nitrogens with zero attached hydrogens (tertiary/aromatic N) is 1. The van der Waals surface area contributed by atoms with Crippen LogP contribution in [0.5, 0.6) is 0 Å². The maximum absolute atomic E-state index is 9.57. The third kappa shape index (κ3) is 4.19. The number of rotatable bonds is 6. The summed E-state index contributed by atoms with van der Waals surface area (Å²) in [6.07, 6.45) is 0. The predicted molar refractivity (Wildman–Crippen MR) is 79.0 cm³/mol. The maximum atomic E-state index is 9.57. The second kappa shape index (κ2) is 7.07. The molecule has 0 aliphatic carbocycles. The van der Waals surface area contributed by atoms with Crippen molar-refractivity contribution in [2.45, 2.75) is 12.5 Å². The molecule has 0 aliphatic rings. The van der Waals surface area contributed by atoms with Crippen LogP contribution in [0.15, 0.2) is 60.7 Å². The van der Waals surface area contributed by atoms with Crippen molar-refractivity contribution in [3.8, 4) is 0 Å². The lowest BCUT2D eigenvalue weighted by Crippen LogP contribution is -2.26. The van der Waals surface area contributed by atoms with Crippen molar-refractivity contribution in [1.82, 2.24) is 4.90 Å². The average molecular weight is 255 g/mol. The van der Waals surface area contributed by atoms with E-state index in [0.29, 0.717) is 0 Å². The molecule has 0 aromatic heterocycles. The van der Waals surface area contributed by atoms with Gasteiger partial charge in [-0.1, -0.05) is 60.7 Å². The summed E-state index contributed by atoms with van der Waals surface area (Å²) in [6, 6.07) is 20.6. The largest absolute Gasteiger partial charge is 0.396 e. The molecule has 0 aliphatic heterocycles. The minimum Gasteiger partial charge on any atom is -0.396 e. The summed E-state index contributed by atoms with van der Waals surface area (Å²) in [4.78, 5) is 2.25. The van der Waals surface area contributed by atoms with Crippen LogP contribution in [0, 0.1) is 0 Å². The van der Waals surface area contributed by atoms with Crippen LogP contribution in [-0.4, -0.2) is 30.2 Å². The van der Waals surface area contributed by atoms with Gasteiger partial charge in [-0.15, -0.1) is 0 Å². The van der Waals surface area contributed by atoms with Gasteiger partial charge in [0, 0.05) is 19.0 Å². The third-order valence-electron chi connectivity index (χ3n) is 3.32. The number of aliphatic hydroxyl groups is 1. The fraction of sp³-hybridized carbons (Fsp3) is 0.294. The molecule has 2 heteroatoms. The molecule has 2 aromatic rings. The number of likely N-dealkylation sites (N-methyl/N-ethyl adjacent to an activating group) is 1. The summed E-state index contributed by atoms with van der Waals surface area (Å²) in [5.41, 5.74) is 2.50. The van der Waals surface area contributed by atoms with E-state index in [1.54, 1.807) is 0 Å². The molecule has 0 amide bonds. The molecule has 0 radical (unpaired) electrons. The van der Waals surface area contributed by atoms with Crippen molar-refractivity contribution in [3.63, 3.8) is 0 Å². The lowest BCUT2D eigenvalue weighted by atomic mass is 9.99. The number of hydrogen-bond acceptors (Lipinski definition) is 2. The molecule has 2 aromatic carbocycles. The SMILES string of the molecule is CN(Cc1ccccc1)C[C@@H](CO)c1ccccc1. The van der Waals surface area contributed by atoms with E-state index >= 15 is 0 Å². The van der Waals surface area contributed by atoms with Crippen LogP contribution in [-0.2, 0) is 6.54 Å². The van der Waals surface area contributed by atoms with Crippen LogP contribution < -0.4 is 0 Å². The summed E-state index contributed by atoms with van der Waals surface area (Å²) in [5.74, 6) is 0.176. The molecule has 2 rings (SSSR count). The van der Waals surface area contributed by atoms with Crippen molar-refractivity contribution in [2.24, 2.45) is 0 Å². The zero-order valence-electron chi connectivity index (χ0n) is 11.4. The molecule has 0 saturated carbocycles. The van der Waals surface area contributed by atoms with Gasteiger partial charge >= 0.3 is 0 Å². The fourth-order valence-electron chi connectivity index (χ4n) is 2.33. The summed E-state index contributed by atoms with van der Waals surface area (Å²) in [7, 11) is 2.10. The first-order valence-corrected chi connectivity index (χ1v) is 6.68. The summed E-state index contributed by atoms with van der Waals surface area (Å²) >= 11 is 0. The van der Waals surface area contributed by atoms with Crippen LogP contribution in [0.4, 0.5) is 0 Å². The Balaban J connectivity index is 1.95. The maximum Gasteiger partial charge on any atom is 0.0512 e. The molecule has 1 N–H and O–H groups in total. The fourth-order valence-corrected chi connectivity index (χ4v) is 2.33. The molecule has 0 spiro atoms. The highest BCUT2D eigenvalue weighted by molar-refractivity contribution is 5.20. The standard InChI is InChI=1S/C17H21NO/c1-18(12-15-8-4-2-5-9-15)13-17(14-19)16-10-6-3-7-11-16/h2-11,17,19H,12-14H2,1H3/t17-/m0/s1. The van der Waals surface area contributed by atoms with Crippen LogP contribution in [0.1, 0.15) is 17.0 Å². The van der Waals surface area contributed by atoms with E-state index in [2.05, 4.69) is 48.3 Å². The van der Waals surface area contributed by atoms with Crippen molar-refractivity contribution >= 4 is 0 Å². The molecule has 0 saturated heterocycles.